The first-order valence-electron chi connectivity index (χ1n) is 5.97. The standard InChI is InChI=1S/C12H14N4O3S/c1-9-7-13-12(15-10(9)2)11-3-4-16(14-8-11)5-6-20(17,18)19/h3-4,7-8H,5-6H2,1-2H3/p+1. The Morgan fingerprint density at radius 3 is 2.60 bits per heavy atom. The maximum atomic E-state index is 10.7. The number of hydrogen-bond acceptors (Lipinski definition) is 5. The van der Waals surface area contributed by atoms with Gasteiger partial charge >= 0.3 is 0 Å². The quantitative estimate of drug-likeness (QED) is 0.645. The maximum absolute atomic E-state index is 10.7. The van der Waals surface area contributed by atoms with Crippen molar-refractivity contribution in [3.8, 4) is 11.4 Å². The molecule has 0 aliphatic heterocycles. The molecule has 20 heavy (non-hydrogen) atoms. The highest BCUT2D eigenvalue weighted by molar-refractivity contribution is 7.85. The summed E-state index contributed by atoms with van der Waals surface area (Å²) in [6, 6.07) is 1.75. The highest BCUT2D eigenvalue weighted by Crippen LogP contribution is 2.13. The molecule has 0 atom stereocenters. The third kappa shape index (κ3) is 3.78. The number of aryl methyl sites for hydroxylation is 3. The lowest BCUT2D eigenvalue weighted by atomic mass is 10.2. The van der Waals surface area contributed by atoms with Gasteiger partial charge in [-0.05, 0) is 24.5 Å². The first kappa shape index (κ1) is 14.5. The van der Waals surface area contributed by atoms with E-state index >= 15 is 0 Å². The molecule has 2 aromatic rings. The Morgan fingerprint density at radius 1 is 1.30 bits per heavy atom. The van der Waals surface area contributed by atoms with Gasteiger partial charge in [0.25, 0.3) is 10.1 Å². The predicted molar refractivity (Wildman–Crippen MR) is 71.3 cm³/mol. The molecule has 0 aliphatic carbocycles. The van der Waals surface area contributed by atoms with Crippen molar-refractivity contribution in [2.75, 3.05) is 5.75 Å². The number of hydrogen-bond donors (Lipinski definition) is 1. The molecule has 2 rings (SSSR count). The van der Waals surface area contributed by atoms with Crippen LogP contribution in [0.1, 0.15) is 11.3 Å². The molecule has 106 valence electrons. The Labute approximate surface area is 117 Å². The second-order valence-corrected chi connectivity index (χ2v) is 6.00. The van der Waals surface area contributed by atoms with Gasteiger partial charge in [-0.1, -0.05) is 4.68 Å². The Balaban J connectivity index is 2.17. The number of nitrogens with zero attached hydrogens (tertiary/aromatic N) is 4. The minimum absolute atomic E-state index is 0.0902. The van der Waals surface area contributed by atoms with E-state index in [2.05, 4.69) is 15.1 Å². The van der Waals surface area contributed by atoms with Crippen molar-refractivity contribution < 1.29 is 17.7 Å². The van der Waals surface area contributed by atoms with Crippen molar-refractivity contribution >= 4 is 10.1 Å². The fraction of sp³-hybridized carbons (Fsp3) is 0.333. The van der Waals surface area contributed by atoms with Crippen LogP contribution < -0.4 is 4.68 Å². The van der Waals surface area contributed by atoms with Crippen LogP contribution in [0.4, 0.5) is 0 Å². The van der Waals surface area contributed by atoms with Gasteiger partial charge in [-0.15, -0.1) is 0 Å². The van der Waals surface area contributed by atoms with Gasteiger partial charge in [0.05, 0.1) is 0 Å². The normalized spacial score (nSPS) is 11.6. The molecule has 0 amide bonds. The Hall–Kier alpha value is -1.93. The van der Waals surface area contributed by atoms with Crippen LogP contribution >= 0.6 is 0 Å². The zero-order valence-corrected chi connectivity index (χ0v) is 12.0. The lowest BCUT2D eigenvalue weighted by Crippen LogP contribution is -2.40. The molecule has 8 heteroatoms. The number of aromatic nitrogens is 4. The molecule has 0 saturated heterocycles. The van der Waals surface area contributed by atoms with Gasteiger partial charge in [0.15, 0.2) is 18.6 Å². The Bertz CT molecular complexity index is 714. The van der Waals surface area contributed by atoms with Crippen LogP contribution in [0.3, 0.4) is 0 Å². The molecular weight excluding hydrogens is 280 g/mol. The van der Waals surface area contributed by atoms with Crippen LogP contribution in [0, 0.1) is 13.8 Å². The van der Waals surface area contributed by atoms with Gasteiger partial charge in [-0.25, -0.2) is 9.97 Å². The first-order valence-corrected chi connectivity index (χ1v) is 7.57. The van der Waals surface area contributed by atoms with Crippen LogP contribution in [0.15, 0.2) is 24.7 Å². The summed E-state index contributed by atoms with van der Waals surface area (Å²) in [6.07, 6.45) is 4.93. The summed E-state index contributed by atoms with van der Waals surface area (Å²) >= 11 is 0. The molecule has 2 heterocycles. The average molecular weight is 295 g/mol. The van der Waals surface area contributed by atoms with E-state index in [1.807, 2.05) is 13.8 Å². The molecule has 0 bridgehead atoms. The van der Waals surface area contributed by atoms with E-state index in [0.717, 1.165) is 16.8 Å². The summed E-state index contributed by atoms with van der Waals surface area (Å²) in [4.78, 5) is 8.59. The molecule has 2 aromatic heterocycles. The van der Waals surface area contributed by atoms with Gasteiger partial charge < -0.3 is 0 Å². The lowest BCUT2D eigenvalue weighted by molar-refractivity contribution is -0.750. The molecule has 0 aromatic carbocycles. The Kier molecular flexibility index (Phi) is 4.05. The van der Waals surface area contributed by atoms with Crippen LogP contribution in [0.2, 0.25) is 0 Å². The van der Waals surface area contributed by atoms with Crippen LogP contribution in [-0.4, -0.2) is 33.8 Å². The van der Waals surface area contributed by atoms with E-state index in [1.165, 1.54) is 4.68 Å². The van der Waals surface area contributed by atoms with Gasteiger partial charge in [-0.3, -0.25) is 4.55 Å². The van der Waals surface area contributed by atoms with Crippen molar-refractivity contribution in [2.45, 2.75) is 20.4 Å². The van der Waals surface area contributed by atoms with E-state index in [0.29, 0.717) is 5.82 Å². The van der Waals surface area contributed by atoms with Crippen LogP contribution in [0.5, 0.6) is 0 Å². The highest BCUT2D eigenvalue weighted by Gasteiger charge is 2.12. The van der Waals surface area contributed by atoms with Gasteiger partial charge in [0.2, 0.25) is 0 Å². The summed E-state index contributed by atoms with van der Waals surface area (Å²) in [7, 11) is -3.98. The fourth-order valence-corrected chi connectivity index (χ4v) is 1.94. The van der Waals surface area contributed by atoms with Gasteiger partial charge in [-0.2, -0.15) is 8.42 Å². The van der Waals surface area contributed by atoms with Gasteiger partial charge in [0, 0.05) is 23.5 Å². The summed E-state index contributed by atoms with van der Waals surface area (Å²) in [6.45, 7) is 3.93. The largest absolute Gasteiger partial charge is 0.285 e. The minimum atomic E-state index is -3.98. The minimum Gasteiger partial charge on any atom is -0.285 e. The smallest absolute Gasteiger partial charge is 0.271 e. The maximum Gasteiger partial charge on any atom is 0.271 e. The molecule has 0 saturated carbocycles. The second-order valence-electron chi connectivity index (χ2n) is 4.43. The van der Waals surface area contributed by atoms with E-state index in [4.69, 9.17) is 4.55 Å². The summed E-state index contributed by atoms with van der Waals surface area (Å²) < 4.78 is 31.4. The molecule has 0 unspecified atom stereocenters. The Morgan fingerprint density at radius 2 is 2.05 bits per heavy atom. The summed E-state index contributed by atoms with van der Waals surface area (Å²) in [5.74, 6) is 0.201. The fourth-order valence-electron chi connectivity index (χ4n) is 1.52. The van der Waals surface area contributed by atoms with Crippen molar-refractivity contribution in [1.29, 1.82) is 0 Å². The SMILES string of the molecule is Cc1cnc(-c2cc[n+](CCS(=O)(=O)O)nc2)nc1C. The van der Waals surface area contributed by atoms with Crippen molar-refractivity contribution in [2.24, 2.45) is 0 Å². The molecule has 1 N–H and O–H groups in total. The summed E-state index contributed by atoms with van der Waals surface area (Å²) in [5.41, 5.74) is 2.66. The number of rotatable bonds is 4. The van der Waals surface area contributed by atoms with Crippen molar-refractivity contribution in [1.82, 2.24) is 15.1 Å². The van der Waals surface area contributed by atoms with Crippen LogP contribution in [-0.2, 0) is 16.7 Å². The van der Waals surface area contributed by atoms with E-state index in [9.17, 15) is 8.42 Å². The predicted octanol–water partition coefficient (Wildman–Crippen LogP) is 0.331. The molecule has 0 fully saturated rings. The molecule has 0 aliphatic rings. The average Bonchev–Trinajstić information content (AvgIpc) is 2.39. The molecular formula is C12H15N4O3S+. The van der Waals surface area contributed by atoms with E-state index in [1.54, 1.807) is 24.7 Å². The topological polar surface area (TPSA) is 96.9 Å². The first-order chi connectivity index (χ1) is 9.35. The second kappa shape index (κ2) is 5.59. The monoisotopic (exact) mass is 295 g/mol. The van der Waals surface area contributed by atoms with Crippen molar-refractivity contribution in [3.63, 3.8) is 0 Å². The van der Waals surface area contributed by atoms with E-state index < -0.39 is 10.1 Å². The van der Waals surface area contributed by atoms with Crippen LogP contribution in [0.25, 0.3) is 11.4 Å². The summed E-state index contributed by atoms with van der Waals surface area (Å²) in [5, 5.41) is 4.07. The zero-order chi connectivity index (χ0) is 14.8. The van der Waals surface area contributed by atoms with E-state index in [-0.39, 0.29) is 12.3 Å². The lowest BCUT2D eigenvalue weighted by Gasteiger charge is -2.02. The van der Waals surface area contributed by atoms with Crippen molar-refractivity contribution in [3.05, 3.63) is 35.9 Å². The third-order valence-electron chi connectivity index (χ3n) is 2.83. The highest BCUT2D eigenvalue weighted by atomic mass is 32.2. The van der Waals surface area contributed by atoms with Gasteiger partial charge in [0.1, 0.15) is 11.9 Å². The molecule has 0 radical (unpaired) electrons. The zero-order valence-electron chi connectivity index (χ0n) is 11.2. The molecule has 0 spiro atoms. The molecule has 7 nitrogen and oxygen atoms in total. The third-order valence-corrected chi connectivity index (χ3v) is 3.53.